The molecule has 72 valence electrons. The molecule has 2 unspecified atom stereocenters. The minimum atomic E-state index is 0.714. The second kappa shape index (κ2) is 5.40. The van der Waals surface area contributed by atoms with Crippen molar-refractivity contribution in [1.82, 2.24) is 0 Å². The first-order valence-corrected chi connectivity index (χ1v) is 5.13. The first kappa shape index (κ1) is 11.7. The first-order chi connectivity index (χ1) is 5.45. The SMILES string of the molecule is CC(C)C(C)C=CC(C)C(C)C. The van der Waals surface area contributed by atoms with Crippen molar-refractivity contribution in [3.05, 3.63) is 12.2 Å². The van der Waals surface area contributed by atoms with Crippen molar-refractivity contribution in [2.75, 3.05) is 0 Å². The van der Waals surface area contributed by atoms with Gasteiger partial charge in [-0.1, -0.05) is 53.7 Å². The lowest BCUT2D eigenvalue weighted by atomic mass is 9.92. The molecule has 0 heteroatoms. The fourth-order valence-electron chi connectivity index (χ4n) is 0.795. The average molecular weight is 168 g/mol. The van der Waals surface area contributed by atoms with Crippen molar-refractivity contribution in [1.29, 1.82) is 0 Å². The summed E-state index contributed by atoms with van der Waals surface area (Å²) >= 11 is 0. The normalized spacial score (nSPS) is 17.7. The Morgan fingerprint density at radius 3 is 1.00 bits per heavy atom. The lowest BCUT2D eigenvalue weighted by Crippen LogP contribution is -2.03. The van der Waals surface area contributed by atoms with E-state index in [-0.39, 0.29) is 0 Å². The van der Waals surface area contributed by atoms with Crippen molar-refractivity contribution in [3.63, 3.8) is 0 Å². The van der Waals surface area contributed by atoms with Gasteiger partial charge < -0.3 is 0 Å². The molecular weight excluding hydrogens is 144 g/mol. The van der Waals surface area contributed by atoms with Crippen molar-refractivity contribution in [2.45, 2.75) is 41.5 Å². The van der Waals surface area contributed by atoms with Crippen LogP contribution in [-0.2, 0) is 0 Å². The second-order valence-corrected chi connectivity index (χ2v) is 4.59. The summed E-state index contributed by atoms with van der Waals surface area (Å²) in [4.78, 5) is 0. The third-order valence-electron chi connectivity index (χ3n) is 2.82. The summed E-state index contributed by atoms with van der Waals surface area (Å²) in [6, 6.07) is 0. The van der Waals surface area contributed by atoms with E-state index in [1.807, 2.05) is 0 Å². The zero-order valence-corrected chi connectivity index (χ0v) is 9.46. The minimum Gasteiger partial charge on any atom is -0.0852 e. The highest BCUT2D eigenvalue weighted by atomic mass is 14.1. The Hall–Kier alpha value is -0.260. The van der Waals surface area contributed by atoms with Gasteiger partial charge in [0, 0.05) is 0 Å². The lowest BCUT2D eigenvalue weighted by molar-refractivity contribution is 0.478. The first-order valence-electron chi connectivity index (χ1n) is 5.13. The van der Waals surface area contributed by atoms with E-state index in [9.17, 15) is 0 Å². The molecule has 0 aliphatic heterocycles. The third-order valence-corrected chi connectivity index (χ3v) is 2.82. The van der Waals surface area contributed by atoms with Gasteiger partial charge in [-0.3, -0.25) is 0 Å². The highest BCUT2D eigenvalue weighted by Crippen LogP contribution is 2.16. The molecule has 0 spiro atoms. The predicted molar refractivity (Wildman–Crippen MR) is 57.1 cm³/mol. The van der Waals surface area contributed by atoms with E-state index < -0.39 is 0 Å². The summed E-state index contributed by atoms with van der Waals surface area (Å²) in [5.41, 5.74) is 0. The summed E-state index contributed by atoms with van der Waals surface area (Å²) in [6.07, 6.45) is 4.71. The Labute approximate surface area is 78.1 Å². The maximum absolute atomic E-state index is 2.36. The van der Waals surface area contributed by atoms with Crippen LogP contribution in [0.1, 0.15) is 41.5 Å². The summed E-state index contributed by atoms with van der Waals surface area (Å²) < 4.78 is 0. The van der Waals surface area contributed by atoms with Gasteiger partial charge in [0.2, 0.25) is 0 Å². The molecule has 0 bridgehead atoms. The Kier molecular flexibility index (Phi) is 5.28. The fraction of sp³-hybridized carbons (Fsp3) is 0.833. The molecule has 0 aliphatic carbocycles. The zero-order valence-electron chi connectivity index (χ0n) is 9.46. The highest BCUT2D eigenvalue weighted by molar-refractivity contribution is 4.91. The zero-order chi connectivity index (χ0) is 9.72. The van der Waals surface area contributed by atoms with Gasteiger partial charge in [0.15, 0.2) is 0 Å². The number of hydrogen-bond acceptors (Lipinski definition) is 0. The van der Waals surface area contributed by atoms with E-state index in [0.29, 0.717) is 11.8 Å². The summed E-state index contributed by atoms with van der Waals surface area (Å²) in [7, 11) is 0. The molecule has 0 amide bonds. The van der Waals surface area contributed by atoms with Crippen LogP contribution in [0.15, 0.2) is 12.2 Å². The predicted octanol–water partition coefficient (Wildman–Crippen LogP) is 4.13. The molecule has 0 aromatic carbocycles. The number of rotatable bonds is 4. The summed E-state index contributed by atoms with van der Waals surface area (Å²) in [5.74, 6) is 2.96. The van der Waals surface area contributed by atoms with Crippen LogP contribution >= 0.6 is 0 Å². The third kappa shape index (κ3) is 4.58. The van der Waals surface area contributed by atoms with Crippen LogP contribution < -0.4 is 0 Å². The molecule has 0 saturated heterocycles. The van der Waals surface area contributed by atoms with Crippen molar-refractivity contribution in [3.8, 4) is 0 Å². The van der Waals surface area contributed by atoms with Crippen LogP contribution in [-0.4, -0.2) is 0 Å². The van der Waals surface area contributed by atoms with Crippen LogP contribution in [0.4, 0.5) is 0 Å². The van der Waals surface area contributed by atoms with E-state index in [0.717, 1.165) is 11.8 Å². The number of hydrogen-bond donors (Lipinski definition) is 0. The maximum atomic E-state index is 2.36. The monoisotopic (exact) mass is 168 g/mol. The molecule has 0 N–H and O–H groups in total. The van der Waals surface area contributed by atoms with Crippen LogP contribution in [0.5, 0.6) is 0 Å². The van der Waals surface area contributed by atoms with Gasteiger partial charge in [-0.25, -0.2) is 0 Å². The van der Waals surface area contributed by atoms with E-state index >= 15 is 0 Å². The van der Waals surface area contributed by atoms with E-state index in [1.54, 1.807) is 0 Å². The minimum absolute atomic E-state index is 0.714. The molecule has 0 aromatic heterocycles. The van der Waals surface area contributed by atoms with E-state index in [1.165, 1.54) is 0 Å². The molecule has 12 heavy (non-hydrogen) atoms. The topological polar surface area (TPSA) is 0 Å². The van der Waals surface area contributed by atoms with Gasteiger partial charge in [-0.05, 0) is 23.7 Å². The molecule has 0 nitrogen and oxygen atoms in total. The fourth-order valence-corrected chi connectivity index (χ4v) is 0.795. The molecule has 0 heterocycles. The van der Waals surface area contributed by atoms with Crippen molar-refractivity contribution < 1.29 is 0 Å². The van der Waals surface area contributed by atoms with Crippen LogP contribution in [0.25, 0.3) is 0 Å². The molecule has 0 radical (unpaired) electrons. The Bertz CT molecular complexity index is 115. The molecule has 0 saturated carbocycles. The van der Waals surface area contributed by atoms with Gasteiger partial charge in [-0.2, -0.15) is 0 Å². The van der Waals surface area contributed by atoms with E-state index in [4.69, 9.17) is 0 Å². The van der Waals surface area contributed by atoms with Gasteiger partial charge in [0.25, 0.3) is 0 Å². The second-order valence-electron chi connectivity index (χ2n) is 4.59. The van der Waals surface area contributed by atoms with E-state index in [2.05, 4.69) is 53.7 Å². The molecule has 0 aliphatic rings. The Morgan fingerprint density at radius 1 is 0.583 bits per heavy atom. The largest absolute Gasteiger partial charge is 0.0852 e. The molecule has 0 rings (SSSR count). The molecule has 0 aromatic rings. The van der Waals surface area contributed by atoms with Gasteiger partial charge in [0.05, 0.1) is 0 Å². The highest BCUT2D eigenvalue weighted by Gasteiger charge is 2.05. The Morgan fingerprint density at radius 2 is 0.833 bits per heavy atom. The smallest absolute Gasteiger partial charge is 0.0239 e. The molecule has 0 fully saturated rings. The van der Waals surface area contributed by atoms with Gasteiger partial charge in [0.1, 0.15) is 0 Å². The molecule has 2 atom stereocenters. The average Bonchev–Trinajstić information content (AvgIpc) is 1.98. The Balaban J connectivity index is 3.89. The van der Waals surface area contributed by atoms with Gasteiger partial charge in [-0.15, -0.1) is 0 Å². The quantitative estimate of drug-likeness (QED) is 0.554. The van der Waals surface area contributed by atoms with Crippen molar-refractivity contribution >= 4 is 0 Å². The van der Waals surface area contributed by atoms with Crippen LogP contribution in [0.3, 0.4) is 0 Å². The van der Waals surface area contributed by atoms with Gasteiger partial charge >= 0.3 is 0 Å². The lowest BCUT2D eigenvalue weighted by Gasteiger charge is -2.13. The number of allylic oxidation sites excluding steroid dienone is 2. The summed E-state index contributed by atoms with van der Waals surface area (Å²) in [5, 5.41) is 0. The van der Waals surface area contributed by atoms with Crippen LogP contribution in [0.2, 0.25) is 0 Å². The maximum Gasteiger partial charge on any atom is -0.0239 e. The standard InChI is InChI=1S/C12H24/c1-9(2)11(5)7-8-12(6)10(3)4/h7-12H,1-6H3. The van der Waals surface area contributed by atoms with Crippen molar-refractivity contribution in [2.24, 2.45) is 23.7 Å². The molecular formula is C12H24. The van der Waals surface area contributed by atoms with Crippen LogP contribution in [0, 0.1) is 23.7 Å². The summed E-state index contributed by atoms with van der Waals surface area (Å²) in [6.45, 7) is 13.7.